The summed E-state index contributed by atoms with van der Waals surface area (Å²) in [6.45, 7) is 5.98. The molecular formula is C28H31N3O2. The monoisotopic (exact) mass is 441 g/mol. The Morgan fingerprint density at radius 3 is 2.61 bits per heavy atom. The zero-order chi connectivity index (χ0) is 23.2. The van der Waals surface area contributed by atoms with Crippen LogP contribution in [-0.2, 0) is 17.8 Å². The lowest BCUT2D eigenvalue weighted by Crippen LogP contribution is -2.40. The van der Waals surface area contributed by atoms with E-state index < -0.39 is 0 Å². The zero-order valence-corrected chi connectivity index (χ0v) is 19.4. The van der Waals surface area contributed by atoms with Gasteiger partial charge in [0.25, 0.3) is 5.91 Å². The van der Waals surface area contributed by atoms with Gasteiger partial charge in [0, 0.05) is 31.7 Å². The lowest BCUT2D eigenvalue weighted by atomic mass is 9.91. The van der Waals surface area contributed by atoms with Crippen LogP contribution in [-0.4, -0.2) is 34.8 Å². The molecule has 1 aromatic heterocycles. The topological polar surface area (TPSA) is 62.3 Å². The molecule has 33 heavy (non-hydrogen) atoms. The number of nitrogens with zero attached hydrogens (tertiary/aromatic N) is 2. The molecule has 2 aromatic carbocycles. The number of pyridine rings is 1. The standard InChI is InChI=1S/C28H31N3O2/c1-20-12-13-23(16-21(20)2)17-26(32)31-15-7-10-24(19-31)27-25(11-6-14-29-27)28(33)30-18-22-8-4-3-5-9-22/h3-6,8-9,11-14,16,24H,7,10,15,17-19H2,1-2H3,(H,30,33). The van der Waals surface area contributed by atoms with E-state index in [9.17, 15) is 9.59 Å². The van der Waals surface area contributed by atoms with E-state index in [1.54, 1.807) is 12.3 Å². The number of nitrogens with one attached hydrogen (secondary N) is 1. The minimum atomic E-state index is -0.125. The number of amides is 2. The number of piperidine rings is 1. The van der Waals surface area contributed by atoms with Gasteiger partial charge < -0.3 is 10.2 Å². The number of carbonyl (C=O) groups excluding carboxylic acids is 2. The number of carbonyl (C=O) groups is 2. The van der Waals surface area contributed by atoms with Crippen LogP contribution in [0.1, 0.15) is 57.1 Å². The van der Waals surface area contributed by atoms with Gasteiger partial charge >= 0.3 is 0 Å². The molecule has 1 fully saturated rings. The first kappa shape index (κ1) is 22.7. The van der Waals surface area contributed by atoms with E-state index in [-0.39, 0.29) is 17.7 Å². The predicted octanol–water partition coefficient (Wildman–Crippen LogP) is 4.58. The summed E-state index contributed by atoms with van der Waals surface area (Å²) in [4.78, 5) is 32.5. The van der Waals surface area contributed by atoms with Crippen molar-refractivity contribution in [3.8, 4) is 0 Å². The molecule has 1 atom stereocenters. The molecule has 2 amide bonds. The van der Waals surface area contributed by atoms with Crippen molar-refractivity contribution in [3.63, 3.8) is 0 Å². The van der Waals surface area contributed by atoms with Gasteiger partial charge in [0.2, 0.25) is 5.91 Å². The summed E-state index contributed by atoms with van der Waals surface area (Å²) in [5, 5.41) is 3.01. The molecule has 4 rings (SSSR count). The number of aromatic nitrogens is 1. The van der Waals surface area contributed by atoms with Crippen molar-refractivity contribution in [2.75, 3.05) is 13.1 Å². The van der Waals surface area contributed by atoms with Crippen LogP contribution in [0.2, 0.25) is 0 Å². The highest BCUT2D eigenvalue weighted by molar-refractivity contribution is 5.95. The molecule has 0 aliphatic carbocycles. The molecule has 0 radical (unpaired) electrons. The summed E-state index contributed by atoms with van der Waals surface area (Å²) in [5.41, 5.74) is 5.92. The van der Waals surface area contributed by atoms with Gasteiger partial charge in [0.15, 0.2) is 0 Å². The fraction of sp³-hybridized carbons (Fsp3) is 0.321. The van der Waals surface area contributed by atoms with Gasteiger partial charge in [-0.15, -0.1) is 0 Å². The Hall–Kier alpha value is -3.47. The fourth-order valence-corrected chi connectivity index (χ4v) is 4.44. The van der Waals surface area contributed by atoms with Gasteiger partial charge in [-0.1, -0.05) is 48.5 Å². The highest BCUT2D eigenvalue weighted by atomic mass is 16.2. The van der Waals surface area contributed by atoms with E-state index in [2.05, 4.69) is 36.3 Å². The van der Waals surface area contributed by atoms with Crippen LogP contribution in [0.4, 0.5) is 0 Å². The van der Waals surface area contributed by atoms with Crippen molar-refractivity contribution >= 4 is 11.8 Å². The molecule has 1 aliphatic rings. The summed E-state index contributed by atoms with van der Waals surface area (Å²) in [6, 6.07) is 19.7. The van der Waals surface area contributed by atoms with Crippen molar-refractivity contribution in [2.24, 2.45) is 0 Å². The average Bonchev–Trinajstić information content (AvgIpc) is 2.85. The predicted molar refractivity (Wildman–Crippen MR) is 130 cm³/mol. The van der Waals surface area contributed by atoms with E-state index in [0.717, 1.165) is 36.2 Å². The van der Waals surface area contributed by atoms with Crippen molar-refractivity contribution in [2.45, 2.75) is 45.6 Å². The summed E-state index contributed by atoms with van der Waals surface area (Å²) in [6.07, 6.45) is 3.97. The van der Waals surface area contributed by atoms with Gasteiger partial charge in [-0.05, 0) is 61.1 Å². The van der Waals surface area contributed by atoms with E-state index in [1.165, 1.54) is 11.1 Å². The summed E-state index contributed by atoms with van der Waals surface area (Å²) in [5.74, 6) is 0.0654. The molecule has 1 N–H and O–H groups in total. The molecule has 2 heterocycles. The van der Waals surface area contributed by atoms with Gasteiger partial charge in [0.1, 0.15) is 0 Å². The molecule has 1 aliphatic heterocycles. The van der Waals surface area contributed by atoms with Crippen molar-refractivity contribution < 1.29 is 9.59 Å². The van der Waals surface area contributed by atoms with E-state index in [0.29, 0.717) is 25.1 Å². The maximum atomic E-state index is 13.0. The van der Waals surface area contributed by atoms with E-state index in [4.69, 9.17) is 0 Å². The van der Waals surface area contributed by atoms with Crippen LogP contribution in [0.15, 0.2) is 66.9 Å². The van der Waals surface area contributed by atoms with Crippen molar-refractivity contribution in [1.29, 1.82) is 0 Å². The van der Waals surface area contributed by atoms with Crippen LogP contribution in [0.25, 0.3) is 0 Å². The molecule has 5 nitrogen and oxygen atoms in total. The summed E-state index contributed by atoms with van der Waals surface area (Å²) >= 11 is 0. The molecule has 1 unspecified atom stereocenters. The zero-order valence-electron chi connectivity index (χ0n) is 19.4. The fourth-order valence-electron chi connectivity index (χ4n) is 4.44. The molecule has 0 spiro atoms. The third kappa shape index (κ3) is 5.67. The van der Waals surface area contributed by atoms with Gasteiger partial charge in [-0.2, -0.15) is 0 Å². The minimum absolute atomic E-state index is 0.0566. The summed E-state index contributed by atoms with van der Waals surface area (Å²) in [7, 11) is 0. The normalized spacial score (nSPS) is 15.8. The number of hydrogen-bond donors (Lipinski definition) is 1. The first-order valence-corrected chi connectivity index (χ1v) is 11.6. The highest BCUT2D eigenvalue weighted by Gasteiger charge is 2.28. The van der Waals surface area contributed by atoms with Gasteiger partial charge in [-0.25, -0.2) is 0 Å². The number of rotatable bonds is 6. The van der Waals surface area contributed by atoms with Crippen LogP contribution in [0.5, 0.6) is 0 Å². The lowest BCUT2D eigenvalue weighted by Gasteiger charge is -2.33. The smallest absolute Gasteiger partial charge is 0.253 e. The third-order valence-electron chi connectivity index (χ3n) is 6.47. The Kier molecular flexibility index (Phi) is 7.18. The Bertz CT molecular complexity index is 1130. The van der Waals surface area contributed by atoms with Crippen molar-refractivity contribution in [1.82, 2.24) is 15.2 Å². The molecule has 1 saturated heterocycles. The SMILES string of the molecule is Cc1ccc(CC(=O)N2CCCC(c3ncccc3C(=O)NCc3ccccc3)C2)cc1C. The Morgan fingerprint density at radius 2 is 1.82 bits per heavy atom. The lowest BCUT2D eigenvalue weighted by molar-refractivity contribution is -0.131. The maximum Gasteiger partial charge on any atom is 0.253 e. The van der Waals surface area contributed by atoms with Gasteiger partial charge in [0.05, 0.1) is 17.7 Å². The first-order chi connectivity index (χ1) is 16.0. The molecular weight excluding hydrogens is 410 g/mol. The second-order valence-electron chi connectivity index (χ2n) is 8.88. The molecule has 5 heteroatoms. The maximum absolute atomic E-state index is 13.0. The Balaban J connectivity index is 1.44. The number of benzene rings is 2. The number of aryl methyl sites for hydroxylation is 2. The van der Waals surface area contributed by atoms with Crippen molar-refractivity contribution in [3.05, 3.63) is 100 Å². The van der Waals surface area contributed by atoms with Crippen LogP contribution < -0.4 is 5.32 Å². The highest BCUT2D eigenvalue weighted by Crippen LogP contribution is 2.28. The van der Waals surface area contributed by atoms with Gasteiger partial charge in [-0.3, -0.25) is 14.6 Å². The molecule has 3 aromatic rings. The Morgan fingerprint density at radius 1 is 1.00 bits per heavy atom. The minimum Gasteiger partial charge on any atom is -0.348 e. The quantitative estimate of drug-likeness (QED) is 0.609. The van der Waals surface area contributed by atoms with E-state index in [1.807, 2.05) is 47.4 Å². The molecule has 0 bridgehead atoms. The van der Waals surface area contributed by atoms with Crippen LogP contribution in [0, 0.1) is 13.8 Å². The van der Waals surface area contributed by atoms with Crippen LogP contribution in [0.3, 0.4) is 0 Å². The van der Waals surface area contributed by atoms with E-state index >= 15 is 0 Å². The molecule has 170 valence electrons. The third-order valence-corrected chi connectivity index (χ3v) is 6.47. The average molecular weight is 442 g/mol. The second-order valence-corrected chi connectivity index (χ2v) is 8.88. The molecule has 0 saturated carbocycles. The largest absolute Gasteiger partial charge is 0.348 e. The number of hydrogen-bond acceptors (Lipinski definition) is 3. The summed E-state index contributed by atoms with van der Waals surface area (Å²) < 4.78 is 0. The second kappa shape index (κ2) is 10.4. The first-order valence-electron chi connectivity index (χ1n) is 11.6. The number of likely N-dealkylation sites (tertiary alicyclic amines) is 1. The van der Waals surface area contributed by atoms with Crippen LogP contribution >= 0.6 is 0 Å². The Labute approximate surface area is 195 Å².